The highest BCUT2D eigenvalue weighted by molar-refractivity contribution is 7.80. The van der Waals surface area contributed by atoms with E-state index in [1.807, 2.05) is 6.07 Å². The molecule has 128 valence electrons. The van der Waals surface area contributed by atoms with E-state index in [9.17, 15) is 8.78 Å². The van der Waals surface area contributed by atoms with Crippen molar-refractivity contribution in [1.29, 1.82) is 0 Å². The molecule has 3 rings (SSSR count). The van der Waals surface area contributed by atoms with E-state index in [1.54, 1.807) is 23.0 Å². The second kappa shape index (κ2) is 7.58. The van der Waals surface area contributed by atoms with Crippen LogP contribution in [-0.4, -0.2) is 14.9 Å². The van der Waals surface area contributed by atoms with Crippen molar-refractivity contribution in [2.24, 2.45) is 0 Å². The molecular formula is C17H13ClF2N4S. The first-order chi connectivity index (χ1) is 12.0. The van der Waals surface area contributed by atoms with Gasteiger partial charge in [-0.15, -0.1) is 0 Å². The lowest BCUT2D eigenvalue weighted by Crippen LogP contribution is -2.19. The SMILES string of the molecule is Fc1cccc(Cn2ccc(NC(=S)Nc3ccc(F)c(Cl)c3)n2)c1. The quantitative estimate of drug-likeness (QED) is 0.647. The van der Waals surface area contributed by atoms with Crippen molar-refractivity contribution < 1.29 is 8.78 Å². The van der Waals surface area contributed by atoms with Gasteiger partial charge < -0.3 is 10.6 Å². The fourth-order valence-electron chi connectivity index (χ4n) is 2.19. The van der Waals surface area contributed by atoms with E-state index in [0.29, 0.717) is 23.2 Å². The van der Waals surface area contributed by atoms with Gasteiger partial charge in [0.25, 0.3) is 0 Å². The Bertz CT molecular complexity index is 913. The Morgan fingerprint density at radius 1 is 1.12 bits per heavy atom. The largest absolute Gasteiger partial charge is 0.332 e. The number of benzene rings is 2. The molecule has 0 saturated heterocycles. The summed E-state index contributed by atoms with van der Waals surface area (Å²) in [5.41, 5.74) is 1.36. The fourth-order valence-corrected chi connectivity index (χ4v) is 2.59. The predicted molar refractivity (Wildman–Crippen MR) is 99.0 cm³/mol. The summed E-state index contributed by atoms with van der Waals surface area (Å²) in [5, 5.41) is 10.4. The number of nitrogens with zero attached hydrogens (tertiary/aromatic N) is 2. The van der Waals surface area contributed by atoms with Crippen LogP contribution in [0.1, 0.15) is 5.56 Å². The monoisotopic (exact) mass is 378 g/mol. The summed E-state index contributed by atoms with van der Waals surface area (Å²) in [6, 6.07) is 12.3. The molecule has 0 aliphatic heterocycles. The smallest absolute Gasteiger partial charge is 0.176 e. The van der Waals surface area contributed by atoms with E-state index < -0.39 is 5.82 Å². The van der Waals surface area contributed by atoms with Crippen molar-refractivity contribution in [3.63, 3.8) is 0 Å². The van der Waals surface area contributed by atoms with Gasteiger partial charge in [-0.05, 0) is 48.1 Å². The Morgan fingerprint density at radius 3 is 2.72 bits per heavy atom. The van der Waals surface area contributed by atoms with Gasteiger partial charge in [0.2, 0.25) is 0 Å². The number of nitrogens with one attached hydrogen (secondary N) is 2. The van der Waals surface area contributed by atoms with Gasteiger partial charge in [0, 0.05) is 18.0 Å². The summed E-state index contributed by atoms with van der Waals surface area (Å²) < 4.78 is 28.0. The maximum Gasteiger partial charge on any atom is 0.176 e. The van der Waals surface area contributed by atoms with Gasteiger partial charge >= 0.3 is 0 Å². The van der Waals surface area contributed by atoms with E-state index in [0.717, 1.165) is 5.56 Å². The van der Waals surface area contributed by atoms with E-state index >= 15 is 0 Å². The molecule has 0 amide bonds. The molecule has 2 N–H and O–H groups in total. The number of anilines is 2. The Labute approximate surface area is 153 Å². The van der Waals surface area contributed by atoms with Crippen molar-refractivity contribution >= 4 is 40.4 Å². The molecule has 8 heteroatoms. The molecule has 3 aromatic rings. The van der Waals surface area contributed by atoms with E-state index in [-0.39, 0.29) is 10.8 Å². The summed E-state index contributed by atoms with van der Waals surface area (Å²) in [5.74, 6) is -0.254. The van der Waals surface area contributed by atoms with E-state index in [1.165, 1.54) is 30.3 Å². The van der Waals surface area contributed by atoms with Gasteiger partial charge in [0.05, 0.1) is 11.6 Å². The minimum Gasteiger partial charge on any atom is -0.332 e. The van der Waals surface area contributed by atoms with Crippen LogP contribution in [0.2, 0.25) is 5.02 Å². The molecule has 0 aliphatic carbocycles. The Kier molecular flexibility index (Phi) is 5.25. The number of hydrogen-bond donors (Lipinski definition) is 2. The lowest BCUT2D eigenvalue weighted by atomic mass is 10.2. The summed E-state index contributed by atoms with van der Waals surface area (Å²) in [7, 11) is 0. The summed E-state index contributed by atoms with van der Waals surface area (Å²) in [6.45, 7) is 0.438. The first kappa shape index (κ1) is 17.3. The first-order valence-electron chi connectivity index (χ1n) is 7.30. The molecule has 0 radical (unpaired) electrons. The van der Waals surface area contributed by atoms with Crippen molar-refractivity contribution in [3.05, 3.63) is 76.9 Å². The molecular weight excluding hydrogens is 366 g/mol. The molecule has 0 atom stereocenters. The maximum absolute atomic E-state index is 13.2. The van der Waals surface area contributed by atoms with E-state index in [2.05, 4.69) is 15.7 Å². The van der Waals surface area contributed by atoms with Crippen LogP contribution in [0.15, 0.2) is 54.7 Å². The van der Waals surface area contributed by atoms with Crippen LogP contribution in [0.4, 0.5) is 20.3 Å². The average Bonchev–Trinajstić information content (AvgIpc) is 2.98. The topological polar surface area (TPSA) is 41.9 Å². The Balaban J connectivity index is 1.60. The van der Waals surface area contributed by atoms with Gasteiger partial charge in [-0.2, -0.15) is 5.10 Å². The first-order valence-corrected chi connectivity index (χ1v) is 8.09. The molecule has 0 saturated carbocycles. The molecule has 1 aromatic heterocycles. The Hall–Kier alpha value is -2.51. The van der Waals surface area contributed by atoms with Crippen LogP contribution in [0.25, 0.3) is 0 Å². The zero-order chi connectivity index (χ0) is 17.8. The van der Waals surface area contributed by atoms with Gasteiger partial charge in [-0.3, -0.25) is 4.68 Å². The third-order valence-corrected chi connectivity index (χ3v) is 3.79. The maximum atomic E-state index is 13.2. The lowest BCUT2D eigenvalue weighted by Gasteiger charge is -2.09. The van der Waals surface area contributed by atoms with Gasteiger partial charge in [-0.25, -0.2) is 8.78 Å². The van der Waals surface area contributed by atoms with Crippen molar-refractivity contribution in [1.82, 2.24) is 9.78 Å². The van der Waals surface area contributed by atoms with Crippen LogP contribution in [0.3, 0.4) is 0 Å². The second-order valence-corrected chi connectivity index (χ2v) is 6.05. The van der Waals surface area contributed by atoms with Crippen LogP contribution >= 0.6 is 23.8 Å². The highest BCUT2D eigenvalue weighted by Crippen LogP contribution is 2.19. The highest BCUT2D eigenvalue weighted by atomic mass is 35.5. The molecule has 0 fully saturated rings. The number of halogens is 3. The normalized spacial score (nSPS) is 10.5. The minimum absolute atomic E-state index is 0.00664. The minimum atomic E-state index is -0.498. The molecule has 1 heterocycles. The number of thiocarbonyl (C=S) groups is 1. The van der Waals surface area contributed by atoms with Crippen LogP contribution in [0.5, 0.6) is 0 Å². The molecule has 0 spiro atoms. The number of aromatic nitrogens is 2. The van der Waals surface area contributed by atoms with Crippen LogP contribution in [-0.2, 0) is 6.54 Å². The molecule has 2 aromatic carbocycles. The van der Waals surface area contributed by atoms with Crippen molar-refractivity contribution in [2.75, 3.05) is 10.6 Å². The lowest BCUT2D eigenvalue weighted by molar-refractivity contribution is 0.619. The zero-order valence-electron chi connectivity index (χ0n) is 12.8. The van der Waals surface area contributed by atoms with Crippen LogP contribution < -0.4 is 10.6 Å². The third-order valence-electron chi connectivity index (χ3n) is 3.29. The Morgan fingerprint density at radius 2 is 1.96 bits per heavy atom. The van der Waals surface area contributed by atoms with Gasteiger partial charge in [-0.1, -0.05) is 23.7 Å². The van der Waals surface area contributed by atoms with Gasteiger partial charge in [0.15, 0.2) is 10.9 Å². The second-order valence-electron chi connectivity index (χ2n) is 5.24. The molecule has 0 bridgehead atoms. The molecule has 0 unspecified atom stereocenters. The van der Waals surface area contributed by atoms with Gasteiger partial charge in [0.1, 0.15) is 11.6 Å². The third kappa shape index (κ3) is 4.74. The molecule has 25 heavy (non-hydrogen) atoms. The molecule has 0 aliphatic rings. The number of hydrogen-bond acceptors (Lipinski definition) is 2. The fraction of sp³-hybridized carbons (Fsp3) is 0.0588. The number of rotatable bonds is 4. The summed E-state index contributed by atoms with van der Waals surface area (Å²) in [4.78, 5) is 0. The summed E-state index contributed by atoms with van der Waals surface area (Å²) in [6.07, 6.45) is 1.75. The van der Waals surface area contributed by atoms with Crippen LogP contribution in [0, 0.1) is 11.6 Å². The zero-order valence-corrected chi connectivity index (χ0v) is 14.4. The highest BCUT2D eigenvalue weighted by Gasteiger charge is 2.05. The standard InChI is InChI=1S/C17H13ClF2N4S/c18-14-9-13(4-5-15(14)20)21-17(25)22-16-6-7-24(23-16)10-11-2-1-3-12(19)8-11/h1-9H,10H2,(H2,21,22,23,25). The van der Waals surface area contributed by atoms with Crippen molar-refractivity contribution in [2.45, 2.75) is 6.54 Å². The van der Waals surface area contributed by atoms with E-state index in [4.69, 9.17) is 23.8 Å². The molecule has 4 nitrogen and oxygen atoms in total. The summed E-state index contributed by atoms with van der Waals surface area (Å²) >= 11 is 10.9. The predicted octanol–water partition coefficient (Wildman–Crippen LogP) is 4.67. The average molecular weight is 379 g/mol. The van der Waals surface area contributed by atoms with Crippen molar-refractivity contribution in [3.8, 4) is 0 Å².